The van der Waals surface area contributed by atoms with Crippen molar-refractivity contribution < 1.29 is 24.5 Å². The number of para-hydroxylation sites is 1. The molecule has 29 heavy (non-hydrogen) atoms. The fourth-order valence-electron chi connectivity index (χ4n) is 6.87. The standard InChI is InChI=1S/C23H27NO5/c1-21(8-7-18(28)24-19-14(25)4-3-5-15(19)26)17(27)6-9-23-11-13-10-16(20(21)23)29-22(13,2)12-23/h3-6,9,13,16,20,25-26H,7-8,10-12H2,1-2H3,(H,24,28)/t13-,16+,20+,21-,22+,23+/m1/s1. The van der Waals surface area contributed by atoms with E-state index < -0.39 is 5.41 Å². The van der Waals surface area contributed by atoms with E-state index in [1.54, 1.807) is 6.08 Å². The number of hydrogen-bond acceptors (Lipinski definition) is 5. The molecule has 3 N–H and O–H groups in total. The summed E-state index contributed by atoms with van der Waals surface area (Å²) in [5, 5.41) is 22.4. The van der Waals surface area contributed by atoms with Crippen LogP contribution in [-0.2, 0) is 14.3 Å². The maximum absolute atomic E-state index is 13.0. The Bertz CT molecular complexity index is 921. The van der Waals surface area contributed by atoms with Gasteiger partial charge in [0.05, 0.1) is 11.7 Å². The molecule has 6 heteroatoms. The van der Waals surface area contributed by atoms with Crippen molar-refractivity contribution in [1.29, 1.82) is 0 Å². The Balaban J connectivity index is 1.36. The van der Waals surface area contributed by atoms with Crippen molar-refractivity contribution in [2.75, 3.05) is 5.32 Å². The van der Waals surface area contributed by atoms with Crippen molar-refractivity contribution in [2.24, 2.45) is 22.7 Å². The van der Waals surface area contributed by atoms with Crippen LogP contribution in [0.4, 0.5) is 5.69 Å². The number of ketones is 1. The van der Waals surface area contributed by atoms with Crippen LogP contribution in [0.15, 0.2) is 30.4 Å². The monoisotopic (exact) mass is 397 g/mol. The van der Waals surface area contributed by atoms with E-state index in [0.717, 1.165) is 19.3 Å². The quantitative estimate of drug-likeness (QED) is 0.676. The van der Waals surface area contributed by atoms with Crippen LogP contribution >= 0.6 is 0 Å². The molecule has 1 aromatic rings. The number of phenolic OH excluding ortho intramolecular Hbond substituents is 2. The van der Waals surface area contributed by atoms with Gasteiger partial charge in [0.15, 0.2) is 5.78 Å². The molecule has 6 atom stereocenters. The number of nitrogens with one attached hydrogen (secondary N) is 1. The molecule has 2 heterocycles. The van der Waals surface area contributed by atoms with Crippen LogP contribution < -0.4 is 5.32 Å². The lowest BCUT2D eigenvalue weighted by Crippen LogP contribution is -2.56. The average Bonchev–Trinajstić information content (AvgIpc) is 3.02. The van der Waals surface area contributed by atoms with E-state index in [9.17, 15) is 19.8 Å². The number of carbonyl (C=O) groups is 2. The smallest absolute Gasteiger partial charge is 0.224 e. The second kappa shape index (κ2) is 5.85. The molecule has 4 fully saturated rings. The number of hydrogen-bond donors (Lipinski definition) is 3. The first-order valence-corrected chi connectivity index (χ1v) is 10.4. The number of carbonyl (C=O) groups excluding carboxylic acids is 2. The fraction of sp³-hybridized carbons (Fsp3) is 0.565. The number of allylic oxidation sites excluding steroid dienone is 2. The minimum atomic E-state index is -0.659. The van der Waals surface area contributed by atoms with Crippen molar-refractivity contribution >= 4 is 17.4 Å². The summed E-state index contributed by atoms with van der Waals surface area (Å²) in [7, 11) is 0. The van der Waals surface area contributed by atoms with E-state index in [1.165, 1.54) is 18.2 Å². The van der Waals surface area contributed by atoms with Crippen molar-refractivity contribution in [1.82, 2.24) is 0 Å². The predicted molar refractivity (Wildman–Crippen MR) is 106 cm³/mol. The Kier molecular flexibility index (Phi) is 3.77. The topological polar surface area (TPSA) is 95.9 Å². The van der Waals surface area contributed by atoms with Gasteiger partial charge >= 0.3 is 0 Å². The molecule has 1 aromatic carbocycles. The number of phenols is 2. The fourth-order valence-corrected chi connectivity index (χ4v) is 6.87. The molecular weight excluding hydrogens is 370 g/mol. The normalized spacial score (nSPS) is 41.6. The highest BCUT2D eigenvalue weighted by Crippen LogP contribution is 2.71. The van der Waals surface area contributed by atoms with E-state index in [2.05, 4.69) is 18.3 Å². The first-order valence-electron chi connectivity index (χ1n) is 10.4. The van der Waals surface area contributed by atoms with E-state index in [-0.39, 0.29) is 58.3 Å². The Morgan fingerprint density at radius 1 is 1.28 bits per heavy atom. The zero-order valence-corrected chi connectivity index (χ0v) is 16.8. The lowest BCUT2D eigenvalue weighted by molar-refractivity contribution is -0.169. The van der Waals surface area contributed by atoms with Crippen LogP contribution in [0, 0.1) is 22.7 Å². The molecule has 154 valence electrons. The SMILES string of the molecule is C[C@]12C[C@@]34C=CC(=O)[C@@](C)(CCC(=O)Nc5c(O)cccc5O)[C@@H]3[C@H](C[C@@H]1C4)O2. The third-order valence-corrected chi connectivity index (χ3v) is 8.07. The molecule has 2 saturated heterocycles. The molecule has 0 aromatic heterocycles. The van der Waals surface area contributed by atoms with E-state index >= 15 is 0 Å². The summed E-state index contributed by atoms with van der Waals surface area (Å²) < 4.78 is 6.43. The predicted octanol–water partition coefficient (Wildman–Crippen LogP) is 3.54. The molecule has 6 rings (SSSR count). The summed E-state index contributed by atoms with van der Waals surface area (Å²) in [6.45, 7) is 4.18. The molecule has 0 unspecified atom stereocenters. The highest BCUT2D eigenvalue weighted by atomic mass is 16.5. The van der Waals surface area contributed by atoms with Crippen LogP contribution in [0.1, 0.15) is 46.0 Å². The van der Waals surface area contributed by atoms with Crippen LogP contribution in [-0.4, -0.2) is 33.6 Å². The minimum Gasteiger partial charge on any atom is -0.506 e. The molecule has 5 aliphatic rings. The van der Waals surface area contributed by atoms with Gasteiger partial charge in [-0.25, -0.2) is 0 Å². The Morgan fingerprint density at radius 2 is 2.00 bits per heavy atom. The lowest BCUT2D eigenvalue weighted by atomic mass is 9.51. The van der Waals surface area contributed by atoms with Gasteiger partial charge in [-0.15, -0.1) is 0 Å². The van der Waals surface area contributed by atoms with Crippen LogP contribution in [0.3, 0.4) is 0 Å². The van der Waals surface area contributed by atoms with Crippen molar-refractivity contribution in [3.63, 3.8) is 0 Å². The van der Waals surface area contributed by atoms with Gasteiger partial charge in [0.25, 0.3) is 0 Å². The van der Waals surface area contributed by atoms with Gasteiger partial charge in [0, 0.05) is 17.8 Å². The summed E-state index contributed by atoms with van der Waals surface area (Å²) in [6, 6.07) is 4.30. The van der Waals surface area contributed by atoms with Gasteiger partial charge in [0.1, 0.15) is 17.2 Å². The molecule has 4 bridgehead atoms. The molecule has 6 nitrogen and oxygen atoms in total. The summed E-state index contributed by atoms with van der Waals surface area (Å²) >= 11 is 0. The van der Waals surface area contributed by atoms with E-state index in [1.807, 2.05) is 6.92 Å². The van der Waals surface area contributed by atoms with E-state index in [4.69, 9.17) is 4.74 Å². The maximum Gasteiger partial charge on any atom is 0.224 e. The Morgan fingerprint density at radius 3 is 2.69 bits per heavy atom. The summed E-state index contributed by atoms with van der Waals surface area (Å²) in [5.41, 5.74) is -0.737. The Labute approximate surface area is 169 Å². The molecule has 1 spiro atoms. The first kappa shape index (κ1) is 18.7. The second-order valence-electron chi connectivity index (χ2n) is 9.83. The van der Waals surface area contributed by atoms with Gasteiger partial charge in [0.2, 0.25) is 5.91 Å². The second-order valence-corrected chi connectivity index (χ2v) is 9.83. The summed E-state index contributed by atoms with van der Waals surface area (Å²) in [6.07, 6.45) is 7.47. The maximum atomic E-state index is 13.0. The zero-order valence-electron chi connectivity index (χ0n) is 16.8. The van der Waals surface area contributed by atoms with Gasteiger partial charge in [-0.05, 0) is 62.1 Å². The van der Waals surface area contributed by atoms with Gasteiger partial charge in [-0.3, -0.25) is 9.59 Å². The molecule has 1 amide bonds. The van der Waals surface area contributed by atoms with Crippen molar-refractivity contribution in [3.8, 4) is 11.5 Å². The van der Waals surface area contributed by atoms with Crippen molar-refractivity contribution in [3.05, 3.63) is 30.4 Å². The van der Waals surface area contributed by atoms with Crippen LogP contribution in [0.5, 0.6) is 11.5 Å². The van der Waals surface area contributed by atoms with Crippen LogP contribution in [0.2, 0.25) is 0 Å². The zero-order chi connectivity index (χ0) is 20.6. The molecule has 2 aliphatic heterocycles. The Hall–Kier alpha value is -2.34. The number of benzene rings is 1. The largest absolute Gasteiger partial charge is 0.506 e. The van der Waals surface area contributed by atoms with Gasteiger partial charge in [-0.2, -0.15) is 0 Å². The first-order chi connectivity index (χ1) is 13.7. The highest BCUT2D eigenvalue weighted by Gasteiger charge is 2.71. The highest BCUT2D eigenvalue weighted by molar-refractivity contribution is 5.98. The summed E-state index contributed by atoms with van der Waals surface area (Å²) in [5.74, 6) is -0.00475. The third-order valence-electron chi connectivity index (χ3n) is 8.07. The molecule has 0 radical (unpaired) electrons. The van der Waals surface area contributed by atoms with Gasteiger partial charge in [-0.1, -0.05) is 19.1 Å². The van der Waals surface area contributed by atoms with Crippen LogP contribution in [0.25, 0.3) is 0 Å². The number of aromatic hydroxyl groups is 2. The molecule has 2 saturated carbocycles. The third kappa shape index (κ3) is 2.51. The van der Waals surface area contributed by atoms with E-state index in [0.29, 0.717) is 12.3 Å². The number of anilines is 1. The lowest BCUT2D eigenvalue weighted by Gasteiger charge is -2.55. The average molecular weight is 397 g/mol. The number of amides is 1. The minimum absolute atomic E-state index is 0.00313. The number of ether oxygens (including phenoxy) is 1. The summed E-state index contributed by atoms with van der Waals surface area (Å²) in [4.78, 5) is 25.6. The number of rotatable bonds is 4. The van der Waals surface area contributed by atoms with Crippen molar-refractivity contribution in [2.45, 2.75) is 57.7 Å². The molecule has 3 aliphatic carbocycles. The van der Waals surface area contributed by atoms with Gasteiger partial charge < -0.3 is 20.3 Å². The molecular formula is C23H27NO5.